The molecule has 1 aromatic heterocycles. The van der Waals surface area contributed by atoms with E-state index in [-0.39, 0.29) is 74.7 Å². The summed E-state index contributed by atoms with van der Waals surface area (Å²) in [6.07, 6.45) is 7.30. The molecule has 22 rings (SSSR count). The van der Waals surface area contributed by atoms with Crippen molar-refractivity contribution in [2.24, 2.45) is 0 Å². The van der Waals surface area contributed by atoms with Gasteiger partial charge in [-0.1, -0.05) is 339 Å². The van der Waals surface area contributed by atoms with Crippen LogP contribution in [-0.2, 0) is 48.7 Å². The normalized spacial score (nSPS) is 15.9. The van der Waals surface area contributed by atoms with Crippen LogP contribution >= 0.6 is 0 Å². The molecule has 6 aliphatic heterocycles. The van der Waals surface area contributed by atoms with Gasteiger partial charge in [0.2, 0.25) is 6.71 Å². The number of aromatic nitrogens is 3. The number of aryl methyl sites for hydroxylation is 3. The Bertz CT molecular complexity index is 7480. The van der Waals surface area contributed by atoms with Gasteiger partial charge in [0.15, 0.2) is 17.5 Å². The summed E-state index contributed by atoms with van der Waals surface area (Å²) in [5.41, 5.74) is 45.8. The molecule has 12 heteroatoms. The van der Waals surface area contributed by atoms with Crippen molar-refractivity contribution < 1.29 is 0 Å². The van der Waals surface area contributed by atoms with Crippen LogP contribution in [0.3, 0.4) is 0 Å². The molecule has 0 N–H and O–H groups in total. The highest BCUT2D eigenvalue weighted by Gasteiger charge is 2.54. The monoisotopic (exact) mass is 1880 g/mol. The predicted octanol–water partition coefficient (Wildman–Crippen LogP) is 29.9. The molecule has 0 spiro atoms. The molecule has 0 saturated carbocycles. The Balaban J connectivity index is 0.856. The van der Waals surface area contributed by atoms with Gasteiger partial charge in [-0.15, -0.1) is 0 Å². The number of rotatable bonds is 9. The zero-order valence-corrected chi connectivity index (χ0v) is 90.6. The number of anilines is 17. The number of nitrogens with zero attached hydrogens (tertiary/aromatic N) is 9. The van der Waals surface area contributed by atoms with Crippen LogP contribution in [0, 0.1) is 20.8 Å². The third kappa shape index (κ3) is 16.0. The SMILES string of the molecule is Cc1cc2c3c(c1)N(c1ccc(C(C)(C)C)cc1)c1c(cccc1-c1nc(C4=CC=CC5B6c7cc(C(C)(C)C)ccc7N(c7ccc(C(C)(C)C)cc7)c7cc(C)cc(c76)N(c6ccc(C(C)(C)C)cc6)C45)nc(-c4cccc5c4N(c4ccc(C(C)(C)C)cc4)c4cc(C)cc6c4B5c4cc(C(C)(C)C)ccc4N6c4ccc(C(C)(C)C)cc4)n1)B3c1cc(C(C)(C)C)ccc1N2c1ccc(C(C)(C)C)cc1. The van der Waals surface area contributed by atoms with Crippen LogP contribution in [0.1, 0.15) is 260 Å². The minimum Gasteiger partial charge on any atom is -0.334 e. The molecule has 722 valence electrons. The first kappa shape index (κ1) is 95.4. The van der Waals surface area contributed by atoms with Crippen molar-refractivity contribution >= 4 is 166 Å². The van der Waals surface area contributed by atoms with Crippen molar-refractivity contribution in [3.05, 3.63) is 364 Å². The molecule has 0 amide bonds. The Hall–Kier alpha value is -13.4. The Morgan fingerprint density at radius 2 is 0.500 bits per heavy atom. The first-order valence-electron chi connectivity index (χ1n) is 52.5. The lowest BCUT2D eigenvalue weighted by molar-refractivity contribution is 0.590. The van der Waals surface area contributed by atoms with E-state index < -0.39 is 6.04 Å². The Morgan fingerprint density at radius 1 is 0.236 bits per heavy atom. The van der Waals surface area contributed by atoms with Crippen molar-refractivity contribution in [3.63, 3.8) is 0 Å². The maximum Gasteiger partial charge on any atom is 0.252 e. The Kier molecular flexibility index (Phi) is 22.1. The molecule has 7 aliphatic rings. The third-order valence-electron chi connectivity index (χ3n) is 32.1. The van der Waals surface area contributed by atoms with E-state index in [4.69, 9.17) is 15.0 Å². The first-order valence-corrected chi connectivity index (χ1v) is 52.5. The molecule has 0 saturated heterocycles. The van der Waals surface area contributed by atoms with Crippen LogP contribution in [0.2, 0.25) is 5.82 Å². The van der Waals surface area contributed by atoms with E-state index in [1.807, 2.05) is 0 Å². The van der Waals surface area contributed by atoms with Crippen LogP contribution in [0.4, 0.5) is 96.7 Å². The minimum absolute atomic E-state index is 0.0415. The molecule has 0 radical (unpaired) electrons. The molecule has 15 aromatic rings. The van der Waals surface area contributed by atoms with Crippen molar-refractivity contribution in [1.82, 2.24) is 15.0 Å². The van der Waals surface area contributed by atoms with Crippen molar-refractivity contribution in [2.75, 3.05) is 29.4 Å². The molecule has 144 heavy (non-hydrogen) atoms. The minimum atomic E-state index is -0.396. The van der Waals surface area contributed by atoms with Gasteiger partial charge in [0.1, 0.15) is 0 Å². The quantitative estimate of drug-likeness (QED) is 0.132. The fraction of sp³-hybridized carbons (Fsp3) is 0.311. The van der Waals surface area contributed by atoms with E-state index in [1.165, 1.54) is 116 Å². The van der Waals surface area contributed by atoms with Crippen LogP contribution in [0.15, 0.2) is 291 Å². The zero-order chi connectivity index (χ0) is 102. The highest BCUT2D eigenvalue weighted by molar-refractivity contribution is 7.01. The number of hydrogen-bond acceptors (Lipinski definition) is 9. The summed E-state index contributed by atoms with van der Waals surface area (Å²) in [7, 11) is 0. The molecule has 0 bridgehead atoms. The van der Waals surface area contributed by atoms with Crippen LogP contribution in [-0.4, -0.2) is 41.1 Å². The van der Waals surface area contributed by atoms with Gasteiger partial charge in [-0.3, -0.25) is 0 Å². The topological polar surface area (TPSA) is 58.1 Å². The first-order chi connectivity index (χ1) is 67.8. The van der Waals surface area contributed by atoms with E-state index in [2.05, 4.69) is 528 Å². The largest absolute Gasteiger partial charge is 0.334 e. The lowest BCUT2D eigenvalue weighted by atomic mass is 9.28. The second-order valence-corrected chi connectivity index (χ2v) is 51.7. The van der Waals surface area contributed by atoms with Crippen LogP contribution in [0.25, 0.3) is 28.3 Å². The van der Waals surface area contributed by atoms with Crippen molar-refractivity contribution in [3.8, 4) is 22.8 Å². The highest BCUT2D eigenvalue weighted by Crippen LogP contribution is 2.57. The van der Waals surface area contributed by atoms with Gasteiger partial charge < -0.3 is 29.4 Å². The predicted molar refractivity (Wildman–Crippen MR) is 621 cm³/mol. The fourth-order valence-electron chi connectivity index (χ4n) is 24.0. The van der Waals surface area contributed by atoms with Crippen molar-refractivity contribution in [1.29, 1.82) is 0 Å². The second kappa shape index (κ2) is 33.3. The molecular weight excluding hydrogens is 1740 g/mol. The standard InChI is InChI=1S/C132H140B3N9/c1-79-70-109-115-112(73-79)142(94-61-46-85(47-62-94)127(13,14)15)118-97(34-31-37-100(118)133(115)103-76-88(130(22,23)24)52-67-106(103)139(109)91-55-40-82(41-56-91)124(4,5)6)121-136-122(98-35-32-38-101-119(98)143(95-63-48-86(49-64-95)128(16,17)18)113-74-80(2)71-110-116(113)134(101)104-77-89(131(25,26)27)53-68-107(104)140(110)92-57-42-83(43-58-92)125(7,8)9)138-123(137-121)99-36-33-39-102-120(99)144(96-65-50-87(51-66-96)129(19,20)21)114-75-81(3)72-111-117(114)135(102)105-78-90(132(28,29)30)54-69-108(105)141(111)93-59-44-84(45-60-93)126(10,11)12/h31-78,100,118H,1-30H3. The van der Waals surface area contributed by atoms with Crippen molar-refractivity contribution in [2.45, 2.75) is 268 Å². The maximum atomic E-state index is 6.47. The smallest absolute Gasteiger partial charge is 0.252 e. The molecule has 0 fully saturated rings. The fourth-order valence-corrected chi connectivity index (χ4v) is 24.0. The van der Waals surface area contributed by atoms with Gasteiger partial charge in [-0.25, -0.2) is 15.0 Å². The van der Waals surface area contributed by atoms with E-state index in [9.17, 15) is 0 Å². The molecule has 9 nitrogen and oxygen atoms in total. The van der Waals surface area contributed by atoms with E-state index >= 15 is 0 Å². The summed E-state index contributed by atoms with van der Waals surface area (Å²) in [6, 6.07) is 108. The van der Waals surface area contributed by atoms with Crippen LogP contribution in [0.5, 0.6) is 0 Å². The second-order valence-electron chi connectivity index (χ2n) is 51.7. The molecular formula is C132H140B3N9. The maximum absolute atomic E-state index is 6.47. The molecule has 2 unspecified atom stereocenters. The summed E-state index contributed by atoms with van der Waals surface area (Å²) in [6.45, 7) is 69.3. The van der Waals surface area contributed by atoms with E-state index in [1.54, 1.807) is 0 Å². The third-order valence-corrected chi connectivity index (χ3v) is 32.1. The molecule has 1 aliphatic carbocycles. The lowest BCUT2D eigenvalue weighted by Gasteiger charge is -2.51. The number of fused-ring (bicyclic) bond motifs is 12. The molecule has 14 aromatic carbocycles. The highest BCUT2D eigenvalue weighted by atomic mass is 15.2. The summed E-state index contributed by atoms with van der Waals surface area (Å²) in [5.74, 6) is 1.58. The summed E-state index contributed by atoms with van der Waals surface area (Å²) in [4.78, 5) is 35.1. The summed E-state index contributed by atoms with van der Waals surface area (Å²) in [5, 5.41) is 0. The Morgan fingerprint density at radius 3 is 0.819 bits per heavy atom. The summed E-state index contributed by atoms with van der Waals surface area (Å²) >= 11 is 0. The van der Waals surface area contributed by atoms with E-state index in [0.717, 1.165) is 107 Å². The van der Waals surface area contributed by atoms with Gasteiger partial charge in [0.25, 0.3) is 13.4 Å². The van der Waals surface area contributed by atoms with Gasteiger partial charge >= 0.3 is 0 Å². The molecule has 7 heterocycles. The average molecular weight is 1890 g/mol. The zero-order valence-electron chi connectivity index (χ0n) is 90.6. The van der Waals surface area contributed by atoms with Crippen LogP contribution < -0.4 is 73.1 Å². The number of allylic oxidation sites excluding steroid dienone is 2. The van der Waals surface area contributed by atoms with Gasteiger partial charge in [-0.05, 0) is 325 Å². The molecule has 2 atom stereocenters. The number of hydrogen-bond donors (Lipinski definition) is 0. The van der Waals surface area contributed by atoms with Gasteiger partial charge in [0, 0.05) is 102 Å². The summed E-state index contributed by atoms with van der Waals surface area (Å²) < 4.78 is 0. The van der Waals surface area contributed by atoms with Gasteiger partial charge in [-0.2, -0.15) is 0 Å². The number of benzene rings is 14. The number of para-hydroxylation sites is 2. The van der Waals surface area contributed by atoms with Gasteiger partial charge in [0.05, 0.1) is 17.4 Å². The van der Waals surface area contributed by atoms with E-state index in [0.29, 0.717) is 17.5 Å². The Labute approximate surface area is 859 Å². The lowest BCUT2D eigenvalue weighted by Crippen LogP contribution is -2.62. The average Bonchev–Trinajstić information content (AvgIpc) is 0.698.